The van der Waals surface area contributed by atoms with Crippen LogP contribution in [0.25, 0.3) is 22.6 Å². The van der Waals surface area contributed by atoms with Gasteiger partial charge in [-0.25, -0.2) is 28.4 Å². The number of carbonyl (C=O) groups is 1. The molecule has 0 aliphatic heterocycles. The van der Waals surface area contributed by atoms with Crippen LogP contribution in [0, 0.1) is 17.0 Å². The number of pyridine rings is 1. The number of nitrogens with one attached hydrogen (secondary N) is 1. The Morgan fingerprint density at radius 3 is 2.04 bits per heavy atom. The Balaban J connectivity index is 1.44. The Bertz CT molecular complexity index is 2000. The van der Waals surface area contributed by atoms with E-state index < -0.39 is 23.2 Å². The second kappa shape index (κ2) is 13.8. The van der Waals surface area contributed by atoms with E-state index in [1.165, 1.54) is 6.07 Å². The molecule has 3 aromatic heterocycles. The molecule has 1 atom stereocenters. The highest BCUT2D eigenvalue weighted by Crippen LogP contribution is 2.45. The molecular formula is C40H38F2N6O2. The van der Waals surface area contributed by atoms with Gasteiger partial charge in [-0.2, -0.15) is 5.10 Å². The molecule has 1 aliphatic carbocycles. The predicted octanol–water partition coefficient (Wildman–Crippen LogP) is 8.32. The number of ether oxygens (including phenoxy) is 1. The van der Waals surface area contributed by atoms with E-state index >= 15 is 8.78 Å². The van der Waals surface area contributed by atoms with E-state index in [-0.39, 0.29) is 41.7 Å². The number of aromatic nitrogens is 5. The molecule has 0 saturated heterocycles. The van der Waals surface area contributed by atoms with Crippen LogP contribution in [-0.2, 0) is 15.1 Å². The average Bonchev–Trinajstić information content (AvgIpc) is 3.75. The van der Waals surface area contributed by atoms with Crippen molar-refractivity contribution in [1.29, 1.82) is 0 Å². The highest BCUT2D eigenvalue weighted by atomic mass is 19.1. The number of halogens is 2. The van der Waals surface area contributed by atoms with Crippen molar-refractivity contribution in [3.05, 3.63) is 138 Å². The Morgan fingerprint density at radius 1 is 0.900 bits per heavy atom. The largest absolute Gasteiger partial charge is 0.466 e. The zero-order valence-electron chi connectivity index (χ0n) is 28.0. The number of esters is 1. The normalized spacial score (nSPS) is 14.8. The fourth-order valence-electron chi connectivity index (χ4n) is 7.42. The molecule has 0 spiro atoms. The lowest BCUT2D eigenvalue weighted by Gasteiger charge is -2.36. The third-order valence-electron chi connectivity index (χ3n) is 9.91. The number of anilines is 1. The topological polar surface area (TPSA) is 94.8 Å². The van der Waals surface area contributed by atoms with Gasteiger partial charge in [0.1, 0.15) is 17.1 Å². The molecular weight excluding hydrogens is 634 g/mol. The van der Waals surface area contributed by atoms with Crippen LogP contribution in [0.3, 0.4) is 0 Å². The molecule has 10 heteroatoms. The molecule has 1 N–H and O–H groups in total. The maximum Gasteiger partial charge on any atom is 0.307 e. The van der Waals surface area contributed by atoms with Gasteiger partial charge in [0, 0.05) is 6.04 Å². The molecule has 1 unspecified atom stereocenters. The van der Waals surface area contributed by atoms with Gasteiger partial charge in [0.2, 0.25) is 0 Å². The van der Waals surface area contributed by atoms with Crippen LogP contribution in [-0.4, -0.2) is 43.4 Å². The summed E-state index contributed by atoms with van der Waals surface area (Å²) < 4.78 is 37.7. The van der Waals surface area contributed by atoms with Gasteiger partial charge >= 0.3 is 5.97 Å². The van der Waals surface area contributed by atoms with E-state index in [0.717, 1.165) is 54.8 Å². The maximum atomic E-state index is 15.6. The summed E-state index contributed by atoms with van der Waals surface area (Å²) in [6.45, 7) is 4.12. The number of rotatable bonds is 11. The molecule has 254 valence electrons. The Labute approximate surface area is 289 Å². The van der Waals surface area contributed by atoms with Crippen molar-refractivity contribution in [2.24, 2.45) is 5.41 Å². The summed E-state index contributed by atoms with van der Waals surface area (Å²) in [6, 6.07) is 30.7. The lowest BCUT2D eigenvalue weighted by atomic mass is 9.77. The van der Waals surface area contributed by atoms with E-state index in [9.17, 15) is 4.79 Å². The second-order valence-electron chi connectivity index (χ2n) is 13.1. The predicted molar refractivity (Wildman–Crippen MR) is 188 cm³/mol. The van der Waals surface area contributed by atoms with E-state index in [1.807, 2.05) is 91.0 Å². The monoisotopic (exact) mass is 672 g/mol. The first-order valence-electron chi connectivity index (χ1n) is 17.0. The molecule has 0 amide bonds. The minimum Gasteiger partial charge on any atom is -0.466 e. The summed E-state index contributed by atoms with van der Waals surface area (Å²) in [5.74, 6) is -1.58. The first-order chi connectivity index (χ1) is 24.3. The van der Waals surface area contributed by atoms with Gasteiger partial charge < -0.3 is 10.1 Å². The SMILES string of the molecule is CCOC(=O)CC(Nc1nc(-c2nn(C(c3ccccc3)(c3ccccc3)c3ccccc3)c3ncc(F)cc23)ncc1F)C1(C)CCCC1. The molecule has 3 aromatic carbocycles. The van der Waals surface area contributed by atoms with E-state index in [0.29, 0.717) is 11.0 Å². The zero-order chi connectivity index (χ0) is 34.7. The van der Waals surface area contributed by atoms with Crippen molar-refractivity contribution in [2.45, 2.75) is 57.5 Å². The summed E-state index contributed by atoms with van der Waals surface area (Å²) in [4.78, 5) is 26.3. The third-order valence-corrected chi connectivity index (χ3v) is 9.91. The van der Waals surface area contributed by atoms with E-state index in [2.05, 4.69) is 27.2 Å². The number of fused-ring (bicyclic) bond motifs is 1. The first kappa shape index (κ1) is 33.0. The van der Waals surface area contributed by atoms with Crippen LogP contribution in [0.5, 0.6) is 0 Å². The molecule has 1 aliphatic rings. The lowest BCUT2D eigenvalue weighted by molar-refractivity contribution is -0.144. The van der Waals surface area contributed by atoms with E-state index in [4.69, 9.17) is 9.84 Å². The minimum atomic E-state index is -1.06. The highest BCUT2D eigenvalue weighted by Gasteiger charge is 2.42. The number of benzene rings is 3. The van der Waals surface area contributed by atoms with Gasteiger partial charge in [0.05, 0.1) is 30.8 Å². The van der Waals surface area contributed by atoms with Crippen LogP contribution >= 0.6 is 0 Å². The van der Waals surface area contributed by atoms with Gasteiger partial charge in [0.25, 0.3) is 0 Å². The Hall–Kier alpha value is -5.51. The second-order valence-corrected chi connectivity index (χ2v) is 13.1. The van der Waals surface area contributed by atoms with Crippen molar-refractivity contribution in [2.75, 3.05) is 11.9 Å². The van der Waals surface area contributed by atoms with Crippen LogP contribution < -0.4 is 5.32 Å². The molecule has 8 nitrogen and oxygen atoms in total. The van der Waals surface area contributed by atoms with Crippen LogP contribution in [0.2, 0.25) is 0 Å². The first-order valence-corrected chi connectivity index (χ1v) is 17.0. The Kier molecular flexibility index (Phi) is 9.10. The molecule has 1 saturated carbocycles. The summed E-state index contributed by atoms with van der Waals surface area (Å²) in [7, 11) is 0. The van der Waals surface area contributed by atoms with Crippen LogP contribution in [0.15, 0.2) is 109 Å². The number of nitrogens with zero attached hydrogens (tertiary/aromatic N) is 5. The van der Waals surface area contributed by atoms with Crippen molar-refractivity contribution in [1.82, 2.24) is 24.7 Å². The fraction of sp³-hybridized carbons (Fsp3) is 0.275. The summed E-state index contributed by atoms with van der Waals surface area (Å²) in [6.07, 6.45) is 6.10. The lowest BCUT2D eigenvalue weighted by Crippen LogP contribution is -2.39. The third kappa shape index (κ3) is 5.99. The van der Waals surface area contributed by atoms with Crippen LogP contribution in [0.4, 0.5) is 14.6 Å². The molecule has 50 heavy (non-hydrogen) atoms. The summed E-state index contributed by atoms with van der Waals surface area (Å²) in [5, 5.41) is 8.77. The molecule has 7 rings (SSSR count). The molecule has 6 aromatic rings. The fourth-order valence-corrected chi connectivity index (χ4v) is 7.42. The van der Waals surface area contributed by atoms with Gasteiger partial charge in [0.15, 0.2) is 23.1 Å². The minimum absolute atomic E-state index is 0.0591. The number of hydrogen-bond donors (Lipinski definition) is 1. The number of carbonyl (C=O) groups excluding carboxylic acids is 1. The highest BCUT2D eigenvalue weighted by molar-refractivity contribution is 5.90. The van der Waals surface area contributed by atoms with E-state index in [1.54, 1.807) is 11.6 Å². The maximum absolute atomic E-state index is 15.6. The van der Waals surface area contributed by atoms with Gasteiger partial charge in [-0.3, -0.25) is 4.79 Å². The summed E-state index contributed by atoms with van der Waals surface area (Å²) in [5.41, 5.74) is 1.98. The Morgan fingerprint density at radius 2 is 1.48 bits per heavy atom. The standard InChI is InChI=1S/C40H38F2N6O2/c1-3-50-34(49)24-33(39(2)21-13-14-22-39)45-36-32(42)26-43-37(46-36)35-31-23-30(41)25-44-38(31)48(47-35)40(27-15-7-4-8-16-27,28-17-9-5-10-18-28)29-19-11-6-12-20-29/h4-12,15-20,23,25-26,33H,3,13-14,21-22,24H2,1-2H3,(H,43,45,46). The molecule has 0 radical (unpaired) electrons. The van der Waals surface area contributed by atoms with Crippen molar-refractivity contribution >= 4 is 22.8 Å². The van der Waals surface area contributed by atoms with Crippen molar-refractivity contribution in [3.8, 4) is 11.5 Å². The van der Waals surface area contributed by atoms with Gasteiger partial charge in [-0.1, -0.05) is 111 Å². The number of hydrogen-bond acceptors (Lipinski definition) is 7. The van der Waals surface area contributed by atoms with Gasteiger partial charge in [-0.15, -0.1) is 0 Å². The quantitative estimate of drug-likeness (QED) is 0.109. The molecule has 3 heterocycles. The molecule has 0 bridgehead atoms. The van der Waals surface area contributed by atoms with Gasteiger partial charge in [-0.05, 0) is 47.9 Å². The smallest absolute Gasteiger partial charge is 0.307 e. The van der Waals surface area contributed by atoms with Crippen LogP contribution in [0.1, 0.15) is 62.6 Å². The summed E-state index contributed by atoms with van der Waals surface area (Å²) >= 11 is 0. The average molecular weight is 673 g/mol. The van der Waals surface area contributed by atoms with Crippen molar-refractivity contribution in [3.63, 3.8) is 0 Å². The zero-order valence-corrected chi connectivity index (χ0v) is 28.0. The van der Waals surface area contributed by atoms with Crippen molar-refractivity contribution < 1.29 is 18.3 Å². The molecule has 1 fully saturated rings.